The van der Waals surface area contributed by atoms with E-state index in [2.05, 4.69) is 15.0 Å². The van der Waals surface area contributed by atoms with Crippen LogP contribution in [-0.2, 0) is 10.4 Å². The van der Waals surface area contributed by atoms with Crippen molar-refractivity contribution < 1.29 is 13.7 Å². The van der Waals surface area contributed by atoms with E-state index < -0.39 is 5.67 Å². The van der Waals surface area contributed by atoms with Crippen molar-refractivity contribution in [1.82, 2.24) is 15.0 Å². The fourth-order valence-electron chi connectivity index (χ4n) is 3.69. The van der Waals surface area contributed by atoms with Gasteiger partial charge in [0, 0.05) is 31.4 Å². The van der Waals surface area contributed by atoms with Gasteiger partial charge in [0.05, 0.1) is 0 Å². The predicted molar refractivity (Wildman–Crippen MR) is 87.2 cm³/mol. The van der Waals surface area contributed by atoms with Crippen LogP contribution in [-0.4, -0.2) is 47.4 Å². The second kappa shape index (κ2) is 6.61. The van der Waals surface area contributed by atoms with Gasteiger partial charge < -0.3 is 9.26 Å². The van der Waals surface area contributed by atoms with Gasteiger partial charge in [-0.2, -0.15) is 4.98 Å². The van der Waals surface area contributed by atoms with Crippen LogP contribution in [0.2, 0.25) is 0 Å². The van der Waals surface area contributed by atoms with Gasteiger partial charge in [-0.05, 0) is 32.2 Å². The predicted octanol–water partition coefficient (Wildman–Crippen LogP) is 3.18. The van der Waals surface area contributed by atoms with Crippen molar-refractivity contribution in [3.8, 4) is 11.4 Å². The highest BCUT2D eigenvalue weighted by atomic mass is 19.1. The topological polar surface area (TPSA) is 51.4 Å². The first kappa shape index (κ1) is 15.7. The molecule has 1 atom stereocenters. The first-order valence-electron chi connectivity index (χ1n) is 8.65. The zero-order valence-corrected chi connectivity index (χ0v) is 13.7. The van der Waals surface area contributed by atoms with Gasteiger partial charge >= 0.3 is 0 Å². The minimum Gasteiger partial charge on any atom is -0.381 e. The van der Waals surface area contributed by atoms with Crippen molar-refractivity contribution in [2.45, 2.75) is 37.4 Å². The Bertz CT molecular complexity index is 672. The zero-order valence-electron chi connectivity index (χ0n) is 13.7. The number of halogens is 1. The van der Waals surface area contributed by atoms with E-state index in [0.29, 0.717) is 24.8 Å². The third-order valence-electron chi connectivity index (χ3n) is 5.02. The van der Waals surface area contributed by atoms with E-state index >= 15 is 4.39 Å². The number of hydrogen-bond donors (Lipinski definition) is 0. The highest BCUT2D eigenvalue weighted by molar-refractivity contribution is 5.53. The molecule has 0 N–H and O–H groups in total. The lowest BCUT2D eigenvalue weighted by molar-refractivity contribution is -0.0324. The molecule has 1 unspecified atom stereocenters. The summed E-state index contributed by atoms with van der Waals surface area (Å²) in [5.41, 5.74) is -0.718. The van der Waals surface area contributed by atoms with E-state index in [1.165, 1.54) is 0 Å². The summed E-state index contributed by atoms with van der Waals surface area (Å²) in [4.78, 5) is 6.59. The van der Waals surface area contributed by atoms with Gasteiger partial charge in [0.2, 0.25) is 11.5 Å². The van der Waals surface area contributed by atoms with Crippen molar-refractivity contribution in [2.75, 3.05) is 26.3 Å². The van der Waals surface area contributed by atoms with Gasteiger partial charge in [-0.25, -0.2) is 4.39 Å². The van der Waals surface area contributed by atoms with E-state index in [1.807, 2.05) is 30.3 Å². The average molecular weight is 331 g/mol. The van der Waals surface area contributed by atoms with Crippen LogP contribution in [0.5, 0.6) is 0 Å². The van der Waals surface area contributed by atoms with Crippen LogP contribution in [0, 0.1) is 0 Å². The summed E-state index contributed by atoms with van der Waals surface area (Å²) < 4.78 is 26.3. The summed E-state index contributed by atoms with van der Waals surface area (Å²) >= 11 is 0. The highest BCUT2D eigenvalue weighted by Gasteiger charge is 2.44. The van der Waals surface area contributed by atoms with Crippen LogP contribution in [0.1, 0.15) is 31.6 Å². The largest absolute Gasteiger partial charge is 0.381 e. The van der Waals surface area contributed by atoms with E-state index in [4.69, 9.17) is 9.26 Å². The molecule has 0 bridgehead atoms. The van der Waals surface area contributed by atoms with E-state index in [0.717, 1.165) is 44.6 Å². The van der Waals surface area contributed by atoms with Crippen molar-refractivity contribution in [3.63, 3.8) is 0 Å². The number of hydrogen-bond acceptors (Lipinski definition) is 5. The van der Waals surface area contributed by atoms with Gasteiger partial charge in [0.25, 0.3) is 5.89 Å². The van der Waals surface area contributed by atoms with Crippen LogP contribution in [0.15, 0.2) is 34.9 Å². The maximum Gasteiger partial charge on any atom is 0.265 e. The number of rotatable bonds is 3. The lowest BCUT2D eigenvalue weighted by atomic mass is 9.92. The second-order valence-corrected chi connectivity index (χ2v) is 6.67. The molecule has 0 saturated carbocycles. The van der Waals surface area contributed by atoms with Gasteiger partial charge in [-0.1, -0.05) is 35.5 Å². The van der Waals surface area contributed by atoms with Crippen LogP contribution < -0.4 is 0 Å². The fourth-order valence-corrected chi connectivity index (χ4v) is 3.69. The maximum atomic E-state index is 15.6. The first-order chi connectivity index (χ1) is 11.7. The molecule has 24 heavy (non-hydrogen) atoms. The molecule has 2 saturated heterocycles. The molecule has 4 rings (SSSR count). The van der Waals surface area contributed by atoms with Gasteiger partial charge in [-0.3, -0.25) is 4.90 Å². The van der Waals surface area contributed by atoms with E-state index in [-0.39, 0.29) is 5.89 Å². The Morgan fingerprint density at radius 1 is 1.17 bits per heavy atom. The monoisotopic (exact) mass is 331 g/mol. The summed E-state index contributed by atoms with van der Waals surface area (Å²) in [6.07, 6.45) is 3.17. The Morgan fingerprint density at radius 2 is 1.96 bits per heavy atom. The van der Waals surface area contributed by atoms with E-state index in [1.54, 1.807) is 0 Å². The molecule has 2 aliphatic rings. The molecular formula is C18H22FN3O2. The molecule has 128 valence electrons. The molecule has 0 aliphatic carbocycles. The standard InChI is InChI=1S/C18H22FN3O2/c19-18(9-4-10-22(13-18)15-7-11-23-12-8-15)17-20-16(21-24-17)14-5-2-1-3-6-14/h1-3,5-6,15H,4,7-13H2. The average Bonchev–Trinajstić information content (AvgIpc) is 3.14. The Kier molecular flexibility index (Phi) is 4.33. The highest BCUT2D eigenvalue weighted by Crippen LogP contribution is 2.37. The SMILES string of the molecule is FC1(c2nc(-c3ccccc3)no2)CCCN(C2CCOCC2)C1. The minimum absolute atomic E-state index is 0.109. The fraction of sp³-hybridized carbons (Fsp3) is 0.556. The third kappa shape index (κ3) is 3.08. The van der Waals surface area contributed by atoms with Crippen LogP contribution >= 0.6 is 0 Å². The van der Waals surface area contributed by atoms with Crippen LogP contribution in [0.25, 0.3) is 11.4 Å². The van der Waals surface area contributed by atoms with Gasteiger partial charge in [-0.15, -0.1) is 0 Å². The summed E-state index contributed by atoms with van der Waals surface area (Å²) in [6, 6.07) is 9.93. The van der Waals surface area contributed by atoms with Crippen molar-refractivity contribution in [1.29, 1.82) is 0 Å². The zero-order chi connectivity index (χ0) is 16.4. The lowest BCUT2D eigenvalue weighted by Crippen LogP contribution is -2.50. The Labute approximate surface area is 140 Å². The molecule has 2 fully saturated rings. The number of nitrogens with zero attached hydrogens (tertiary/aromatic N) is 3. The number of likely N-dealkylation sites (tertiary alicyclic amines) is 1. The molecule has 1 aromatic heterocycles. The van der Waals surface area contributed by atoms with Crippen molar-refractivity contribution in [2.24, 2.45) is 0 Å². The number of alkyl halides is 1. The van der Waals surface area contributed by atoms with Crippen LogP contribution in [0.4, 0.5) is 4.39 Å². The summed E-state index contributed by atoms with van der Waals surface area (Å²) in [6.45, 7) is 2.78. The Balaban J connectivity index is 1.53. The maximum absolute atomic E-state index is 15.6. The molecule has 2 aromatic rings. The molecule has 0 radical (unpaired) electrons. The molecule has 1 aromatic carbocycles. The molecule has 3 heterocycles. The van der Waals surface area contributed by atoms with Crippen molar-refractivity contribution >= 4 is 0 Å². The smallest absolute Gasteiger partial charge is 0.265 e. The molecule has 0 spiro atoms. The first-order valence-corrected chi connectivity index (χ1v) is 8.65. The quantitative estimate of drug-likeness (QED) is 0.864. The van der Waals surface area contributed by atoms with Crippen molar-refractivity contribution in [3.05, 3.63) is 36.2 Å². The Morgan fingerprint density at radius 3 is 2.75 bits per heavy atom. The summed E-state index contributed by atoms with van der Waals surface area (Å²) in [5.74, 6) is 0.559. The number of ether oxygens (including phenoxy) is 1. The summed E-state index contributed by atoms with van der Waals surface area (Å²) in [7, 11) is 0. The molecule has 6 heteroatoms. The second-order valence-electron chi connectivity index (χ2n) is 6.67. The molecule has 5 nitrogen and oxygen atoms in total. The summed E-state index contributed by atoms with van der Waals surface area (Å²) in [5, 5.41) is 3.98. The van der Waals surface area contributed by atoms with E-state index in [9.17, 15) is 0 Å². The Hall–Kier alpha value is -1.79. The van der Waals surface area contributed by atoms with Gasteiger partial charge in [0.15, 0.2) is 0 Å². The third-order valence-corrected chi connectivity index (χ3v) is 5.02. The normalized spacial score (nSPS) is 26.5. The molecular weight excluding hydrogens is 309 g/mol. The van der Waals surface area contributed by atoms with Crippen LogP contribution in [0.3, 0.4) is 0 Å². The number of aromatic nitrogens is 2. The number of piperidine rings is 1. The lowest BCUT2D eigenvalue weighted by Gasteiger charge is -2.41. The number of benzene rings is 1. The van der Waals surface area contributed by atoms with Gasteiger partial charge in [0.1, 0.15) is 0 Å². The molecule has 0 amide bonds. The minimum atomic E-state index is -1.56. The molecule has 2 aliphatic heterocycles.